The Morgan fingerprint density at radius 1 is 1.25 bits per heavy atom. The molecule has 1 unspecified atom stereocenters. The van der Waals surface area contributed by atoms with Crippen molar-refractivity contribution < 1.29 is 14.7 Å². The van der Waals surface area contributed by atoms with E-state index in [0.29, 0.717) is 12.6 Å². The summed E-state index contributed by atoms with van der Waals surface area (Å²) in [4.78, 5) is 29.1. The van der Waals surface area contributed by atoms with Gasteiger partial charge in [0.25, 0.3) is 0 Å². The number of carbonyl (C=O) groups is 2. The monoisotopic (exact) mass is 283 g/mol. The van der Waals surface area contributed by atoms with Gasteiger partial charge in [-0.15, -0.1) is 0 Å². The molecule has 1 atom stereocenters. The van der Waals surface area contributed by atoms with Gasteiger partial charge < -0.3 is 14.9 Å². The molecule has 0 saturated carbocycles. The second-order valence-electron chi connectivity index (χ2n) is 5.73. The molecule has 2 fully saturated rings. The number of piperidine rings is 1. The number of amides is 2. The minimum atomic E-state index is -0.942. The van der Waals surface area contributed by atoms with Gasteiger partial charge >= 0.3 is 12.0 Å². The van der Waals surface area contributed by atoms with E-state index in [1.54, 1.807) is 0 Å². The van der Waals surface area contributed by atoms with Crippen LogP contribution in [0.4, 0.5) is 4.79 Å². The lowest BCUT2D eigenvalue weighted by Crippen LogP contribution is -2.58. The van der Waals surface area contributed by atoms with Gasteiger partial charge in [-0.2, -0.15) is 0 Å². The number of carboxylic acids is 1. The molecular weight excluding hydrogens is 258 g/mol. The van der Waals surface area contributed by atoms with Crippen LogP contribution >= 0.6 is 0 Å². The van der Waals surface area contributed by atoms with Crippen molar-refractivity contribution in [2.24, 2.45) is 0 Å². The number of urea groups is 1. The molecule has 2 aliphatic rings. The first-order valence-electron chi connectivity index (χ1n) is 7.61. The maximum Gasteiger partial charge on any atom is 0.323 e. The van der Waals surface area contributed by atoms with Crippen LogP contribution in [0.25, 0.3) is 0 Å². The Kier molecular flexibility index (Phi) is 5.23. The molecule has 0 aromatic heterocycles. The fraction of sp³-hybridized carbons (Fsp3) is 0.857. The standard InChI is InChI=1S/C14H25N3O3/c1-2-6-16(11-13(18)19)14(20)17-9-8-15-7-4-3-5-12(15)10-17/h12H,2-11H2,1H3,(H,18,19). The zero-order valence-corrected chi connectivity index (χ0v) is 12.3. The molecule has 114 valence electrons. The second-order valence-corrected chi connectivity index (χ2v) is 5.73. The van der Waals surface area contributed by atoms with Crippen LogP contribution in [0.15, 0.2) is 0 Å². The highest BCUT2D eigenvalue weighted by Gasteiger charge is 2.32. The van der Waals surface area contributed by atoms with Crippen molar-refractivity contribution in [2.45, 2.75) is 38.6 Å². The average molecular weight is 283 g/mol. The van der Waals surface area contributed by atoms with Crippen LogP contribution in [0.5, 0.6) is 0 Å². The molecule has 0 aromatic rings. The van der Waals surface area contributed by atoms with E-state index in [-0.39, 0.29) is 12.6 Å². The van der Waals surface area contributed by atoms with Crippen molar-refractivity contribution in [1.82, 2.24) is 14.7 Å². The molecule has 0 aliphatic carbocycles. The van der Waals surface area contributed by atoms with Gasteiger partial charge in [-0.1, -0.05) is 13.3 Å². The Morgan fingerprint density at radius 2 is 2.05 bits per heavy atom. The van der Waals surface area contributed by atoms with Gasteiger partial charge in [0, 0.05) is 32.2 Å². The summed E-state index contributed by atoms with van der Waals surface area (Å²) in [6, 6.07) is 0.356. The van der Waals surface area contributed by atoms with Crippen LogP contribution < -0.4 is 0 Å². The molecule has 0 aromatic carbocycles. The average Bonchev–Trinajstić information content (AvgIpc) is 2.45. The minimum Gasteiger partial charge on any atom is -0.480 e. The summed E-state index contributed by atoms with van der Waals surface area (Å²) in [6.07, 6.45) is 4.42. The third-order valence-corrected chi connectivity index (χ3v) is 4.20. The van der Waals surface area contributed by atoms with E-state index in [4.69, 9.17) is 5.11 Å². The highest BCUT2D eigenvalue weighted by Crippen LogP contribution is 2.21. The Morgan fingerprint density at radius 3 is 2.75 bits per heavy atom. The SMILES string of the molecule is CCCN(CC(=O)O)C(=O)N1CCN2CCCCC2C1. The lowest BCUT2D eigenvalue weighted by molar-refractivity contribution is -0.137. The van der Waals surface area contributed by atoms with Gasteiger partial charge in [-0.3, -0.25) is 9.69 Å². The molecule has 2 heterocycles. The number of fused-ring (bicyclic) bond motifs is 1. The van der Waals surface area contributed by atoms with Crippen LogP contribution in [-0.4, -0.2) is 77.1 Å². The zero-order valence-electron chi connectivity index (χ0n) is 12.3. The van der Waals surface area contributed by atoms with E-state index in [9.17, 15) is 9.59 Å². The second kappa shape index (κ2) is 6.92. The van der Waals surface area contributed by atoms with E-state index in [0.717, 1.165) is 39.0 Å². The predicted molar refractivity (Wildman–Crippen MR) is 75.7 cm³/mol. The summed E-state index contributed by atoms with van der Waals surface area (Å²) >= 11 is 0. The fourth-order valence-electron chi connectivity index (χ4n) is 3.21. The molecule has 6 heteroatoms. The first-order valence-corrected chi connectivity index (χ1v) is 7.61. The van der Waals surface area contributed by atoms with E-state index >= 15 is 0 Å². The number of hydrogen-bond acceptors (Lipinski definition) is 3. The number of rotatable bonds is 4. The van der Waals surface area contributed by atoms with Crippen molar-refractivity contribution >= 4 is 12.0 Å². The first-order chi connectivity index (χ1) is 9.61. The lowest BCUT2D eigenvalue weighted by Gasteiger charge is -2.45. The highest BCUT2D eigenvalue weighted by molar-refractivity contribution is 5.80. The smallest absolute Gasteiger partial charge is 0.323 e. The third-order valence-electron chi connectivity index (χ3n) is 4.20. The maximum atomic E-state index is 12.5. The number of hydrogen-bond donors (Lipinski definition) is 1. The van der Waals surface area contributed by atoms with Crippen molar-refractivity contribution in [3.63, 3.8) is 0 Å². The Hall–Kier alpha value is -1.30. The molecule has 2 amide bonds. The Bertz CT molecular complexity index is 362. The van der Waals surface area contributed by atoms with Gasteiger partial charge in [0.1, 0.15) is 6.54 Å². The van der Waals surface area contributed by atoms with Gasteiger partial charge in [0.15, 0.2) is 0 Å². The van der Waals surface area contributed by atoms with E-state index in [1.165, 1.54) is 17.7 Å². The minimum absolute atomic E-state index is 0.112. The topological polar surface area (TPSA) is 64.1 Å². The quantitative estimate of drug-likeness (QED) is 0.838. The van der Waals surface area contributed by atoms with E-state index in [1.807, 2.05) is 11.8 Å². The van der Waals surface area contributed by atoms with Crippen LogP contribution in [0.3, 0.4) is 0 Å². The number of carbonyl (C=O) groups excluding carboxylic acids is 1. The molecule has 2 rings (SSSR count). The van der Waals surface area contributed by atoms with Gasteiger partial charge in [0.05, 0.1) is 0 Å². The lowest BCUT2D eigenvalue weighted by atomic mass is 10.00. The highest BCUT2D eigenvalue weighted by atomic mass is 16.4. The van der Waals surface area contributed by atoms with Crippen LogP contribution in [0.2, 0.25) is 0 Å². The Labute approximate surface area is 120 Å². The molecule has 0 radical (unpaired) electrons. The van der Waals surface area contributed by atoms with Crippen molar-refractivity contribution in [1.29, 1.82) is 0 Å². The molecule has 1 N–H and O–H groups in total. The summed E-state index contributed by atoms with van der Waals surface area (Å²) in [6.45, 7) is 5.80. The first kappa shape index (κ1) is 15.1. The fourth-order valence-corrected chi connectivity index (χ4v) is 3.21. The molecule has 20 heavy (non-hydrogen) atoms. The molecule has 0 spiro atoms. The van der Waals surface area contributed by atoms with Crippen molar-refractivity contribution in [3.05, 3.63) is 0 Å². The normalized spacial score (nSPS) is 23.2. The number of piperazine rings is 1. The molecular formula is C14H25N3O3. The number of nitrogens with zero attached hydrogens (tertiary/aromatic N) is 3. The van der Waals surface area contributed by atoms with Gasteiger partial charge in [0.2, 0.25) is 0 Å². The van der Waals surface area contributed by atoms with Crippen LogP contribution in [0.1, 0.15) is 32.6 Å². The zero-order chi connectivity index (χ0) is 14.5. The summed E-state index contributed by atoms with van der Waals surface area (Å²) in [5, 5.41) is 8.92. The molecule has 0 bridgehead atoms. The van der Waals surface area contributed by atoms with Crippen molar-refractivity contribution in [3.8, 4) is 0 Å². The summed E-state index contributed by atoms with van der Waals surface area (Å²) in [7, 11) is 0. The predicted octanol–water partition coefficient (Wildman–Crippen LogP) is 1.07. The van der Waals surface area contributed by atoms with Gasteiger partial charge in [-0.05, 0) is 25.8 Å². The van der Waals surface area contributed by atoms with Crippen LogP contribution in [-0.2, 0) is 4.79 Å². The molecule has 2 aliphatic heterocycles. The summed E-state index contributed by atoms with van der Waals surface area (Å²) in [5.41, 5.74) is 0. The number of carboxylic acid groups (broad SMARTS) is 1. The molecule has 2 saturated heterocycles. The summed E-state index contributed by atoms with van der Waals surface area (Å²) in [5.74, 6) is -0.942. The van der Waals surface area contributed by atoms with E-state index < -0.39 is 5.97 Å². The molecule has 6 nitrogen and oxygen atoms in total. The third kappa shape index (κ3) is 3.62. The van der Waals surface area contributed by atoms with Gasteiger partial charge in [-0.25, -0.2) is 4.79 Å². The van der Waals surface area contributed by atoms with Crippen molar-refractivity contribution in [2.75, 3.05) is 39.3 Å². The van der Waals surface area contributed by atoms with E-state index in [2.05, 4.69) is 4.90 Å². The van der Waals surface area contributed by atoms with Crippen LogP contribution in [0, 0.1) is 0 Å². The summed E-state index contributed by atoms with van der Waals surface area (Å²) < 4.78 is 0. The largest absolute Gasteiger partial charge is 0.480 e. The maximum absolute atomic E-state index is 12.5. The number of aliphatic carboxylic acids is 1. The Balaban J connectivity index is 1.94.